The summed E-state index contributed by atoms with van der Waals surface area (Å²) in [5.41, 5.74) is 1.11. The Morgan fingerprint density at radius 2 is 2.05 bits per heavy atom. The fourth-order valence-electron chi connectivity index (χ4n) is 1.80. The van der Waals surface area contributed by atoms with Crippen LogP contribution >= 0.6 is 27.3 Å². The minimum absolute atomic E-state index is 0.104. The minimum Gasteiger partial charge on any atom is -0.345 e. The van der Waals surface area contributed by atoms with Crippen molar-refractivity contribution in [3.05, 3.63) is 62.3 Å². The van der Waals surface area contributed by atoms with Crippen molar-refractivity contribution in [3.63, 3.8) is 0 Å². The van der Waals surface area contributed by atoms with Gasteiger partial charge in [-0.05, 0) is 46.6 Å². The summed E-state index contributed by atoms with van der Waals surface area (Å²) in [5, 5.41) is 12.0. The van der Waals surface area contributed by atoms with Crippen molar-refractivity contribution in [2.24, 2.45) is 0 Å². The molecule has 0 unspecified atom stereocenters. The van der Waals surface area contributed by atoms with E-state index in [0.29, 0.717) is 0 Å². The molecule has 0 spiro atoms. The first-order valence-electron chi connectivity index (χ1n) is 6.33. The smallest absolute Gasteiger partial charge is 0.262 e. The highest BCUT2D eigenvalue weighted by Gasteiger charge is 2.13. The first kappa shape index (κ1) is 15.5. The van der Waals surface area contributed by atoms with Crippen LogP contribution in [0, 0.1) is 11.3 Å². The second kappa shape index (κ2) is 7.21. The summed E-state index contributed by atoms with van der Waals surface area (Å²) < 4.78 is 0.962. The Kier molecular flexibility index (Phi) is 5.32. The molecule has 1 atom stereocenters. The number of benzene rings is 1. The van der Waals surface area contributed by atoms with Gasteiger partial charge in [0, 0.05) is 4.88 Å². The van der Waals surface area contributed by atoms with E-state index in [0.717, 1.165) is 14.2 Å². The number of amides is 1. The van der Waals surface area contributed by atoms with E-state index in [2.05, 4.69) is 21.2 Å². The maximum absolute atomic E-state index is 12.2. The SMILES string of the molecule is C[C@@H](NC(=O)/C(C#N)=C\c1ccc(Br)s1)c1ccccc1. The van der Waals surface area contributed by atoms with Gasteiger partial charge in [-0.2, -0.15) is 5.26 Å². The van der Waals surface area contributed by atoms with Crippen molar-refractivity contribution in [2.45, 2.75) is 13.0 Å². The molecule has 1 N–H and O–H groups in total. The second-order valence-corrected chi connectivity index (χ2v) is 6.91. The third kappa shape index (κ3) is 4.28. The lowest BCUT2D eigenvalue weighted by atomic mass is 10.1. The van der Waals surface area contributed by atoms with E-state index in [4.69, 9.17) is 5.26 Å². The van der Waals surface area contributed by atoms with Gasteiger partial charge < -0.3 is 5.32 Å². The van der Waals surface area contributed by atoms with Crippen LogP contribution < -0.4 is 5.32 Å². The maximum Gasteiger partial charge on any atom is 0.262 e. The third-order valence-electron chi connectivity index (χ3n) is 2.89. The Balaban J connectivity index is 2.11. The van der Waals surface area contributed by atoms with E-state index in [-0.39, 0.29) is 17.5 Å². The second-order valence-electron chi connectivity index (χ2n) is 4.42. The summed E-state index contributed by atoms with van der Waals surface area (Å²) in [6.07, 6.45) is 1.60. The summed E-state index contributed by atoms with van der Waals surface area (Å²) in [6.45, 7) is 1.89. The van der Waals surface area contributed by atoms with Crippen LogP contribution in [0.3, 0.4) is 0 Å². The molecule has 0 fully saturated rings. The standard InChI is InChI=1S/C16H13BrN2OS/c1-11(12-5-3-2-4-6-12)19-16(20)13(10-18)9-14-7-8-15(17)21-14/h2-9,11H,1H3,(H,19,20)/b13-9-/t11-/m1/s1. The highest BCUT2D eigenvalue weighted by atomic mass is 79.9. The Morgan fingerprint density at radius 3 is 2.62 bits per heavy atom. The zero-order valence-corrected chi connectivity index (χ0v) is 13.7. The van der Waals surface area contributed by atoms with Gasteiger partial charge >= 0.3 is 0 Å². The van der Waals surface area contributed by atoms with Crippen molar-refractivity contribution < 1.29 is 4.79 Å². The van der Waals surface area contributed by atoms with E-state index >= 15 is 0 Å². The van der Waals surface area contributed by atoms with E-state index in [9.17, 15) is 4.79 Å². The Bertz CT molecular complexity index is 701. The molecule has 2 aromatic rings. The number of halogens is 1. The number of nitrogens with one attached hydrogen (secondary N) is 1. The van der Waals surface area contributed by atoms with Gasteiger partial charge in [-0.15, -0.1) is 11.3 Å². The maximum atomic E-state index is 12.2. The molecule has 1 heterocycles. The lowest BCUT2D eigenvalue weighted by molar-refractivity contribution is -0.117. The van der Waals surface area contributed by atoms with Crippen LogP contribution in [-0.4, -0.2) is 5.91 Å². The molecular formula is C16H13BrN2OS. The number of nitriles is 1. The fourth-order valence-corrected chi connectivity index (χ4v) is 3.16. The zero-order chi connectivity index (χ0) is 15.2. The number of hydrogen-bond donors (Lipinski definition) is 1. The van der Waals surface area contributed by atoms with Crippen molar-refractivity contribution in [1.82, 2.24) is 5.32 Å². The lowest BCUT2D eigenvalue weighted by Crippen LogP contribution is -2.27. The highest BCUT2D eigenvalue weighted by Crippen LogP contribution is 2.24. The average molecular weight is 361 g/mol. The molecule has 0 aliphatic rings. The molecule has 21 heavy (non-hydrogen) atoms. The molecule has 1 aromatic carbocycles. The third-order valence-corrected chi connectivity index (χ3v) is 4.46. The monoisotopic (exact) mass is 360 g/mol. The molecule has 0 radical (unpaired) electrons. The summed E-state index contributed by atoms with van der Waals surface area (Å²) in [7, 11) is 0. The Labute approximate surface area is 136 Å². The predicted molar refractivity (Wildman–Crippen MR) is 88.6 cm³/mol. The van der Waals surface area contributed by atoms with Gasteiger partial charge in [0.2, 0.25) is 0 Å². The van der Waals surface area contributed by atoms with Crippen molar-refractivity contribution >= 4 is 39.2 Å². The lowest BCUT2D eigenvalue weighted by Gasteiger charge is -2.13. The number of hydrogen-bond acceptors (Lipinski definition) is 3. The van der Waals surface area contributed by atoms with Gasteiger partial charge in [0.15, 0.2) is 0 Å². The van der Waals surface area contributed by atoms with Crippen LogP contribution in [0.25, 0.3) is 6.08 Å². The summed E-state index contributed by atoms with van der Waals surface area (Å²) in [4.78, 5) is 13.0. The van der Waals surface area contributed by atoms with Crippen LogP contribution in [0.5, 0.6) is 0 Å². The van der Waals surface area contributed by atoms with Gasteiger partial charge in [-0.25, -0.2) is 0 Å². The molecular weight excluding hydrogens is 348 g/mol. The first-order valence-corrected chi connectivity index (χ1v) is 7.94. The Morgan fingerprint density at radius 1 is 1.33 bits per heavy atom. The molecule has 3 nitrogen and oxygen atoms in total. The first-order chi connectivity index (χ1) is 10.1. The zero-order valence-electron chi connectivity index (χ0n) is 11.3. The largest absolute Gasteiger partial charge is 0.345 e. The fraction of sp³-hybridized carbons (Fsp3) is 0.125. The van der Waals surface area contributed by atoms with E-state index in [1.54, 1.807) is 6.08 Å². The summed E-state index contributed by atoms with van der Waals surface area (Å²) in [5.74, 6) is -0.363. The molecule has 0 saturated heterocycles. The van der Waals surface area contributed by atoms with Crippen molar-refractivity contribution in [2.75, 3.05) is 0 Å². The molecule has 1 amide bonds. The quantitative estimate of drug-likeness (QED) is 0.652. The Hall–Kier alpha value is -1.90. The van der Waals surface area contributed by atoms with Crippen LogP contribution in [0.15, 0.2) is 51.8 Å². The normalized spacial score (nSPS) is 12.5. The minimum atomic E-state index is -0.363. The summed E-state index contributed by atoms with van der Waals surface area (Å²) in [6, 6.07) is 15.2. The van der Waals surface area contributed by atoms with Crippen LogP contribution in [0.2, 0.25) is 0 Å². The average Bonchev–Trinajstić information content (AvgIpc) is 2.90. The number of nitrogens with zero attached hydrogens (tertiary/aromatic N) is 1. The molecule has 5 heteroatoms. The number of thiophene rings is 1. The van der Waals surface area contributed by atoms with Gasteiger partial charge in [-0.1, -0.05) is 30.3 Å². The van der Waals surface area contributed by atoms with Gasteiger partial charge in [0.1, 0.15) is 11.6 Å². The van der Waals surface area contributed by atoms with E-state index < -0.39 is 0 Å². The molecule has 0 bridgehead atoms. The van der Waals surface area contributed by atoms with E-state index in [1.165, 1.54) is 11.3 Å². The van der Waals surface area contributed by atoms with Crippen LogP contribution in [0.1, 0.15) is 23.4 Å². The number of rotatable bonds is 4. The van der Waals surface area contributed by atoms with Crippen LogP contribution in [-0.2, 0) is 4.79 Å². The predicted octanol–water partition coefficient (Wildman–Crippen LogP) is 4.29. The highest BCUT2D eigenvalue weighted by molar-refractivity contribution is 9.11. The van der Waals surface area contributed by atoms with Gasteiger partial charge in [0.05, 0.1) is 9.83 Å². The van der Waals surface area contributed by atoms with Gasteiger partial charge in [0.25, 0.3) is 5.91 Å². The van der Waals surface area contributed by atoms with Crippen molar-refractivity contribution in [1.29, 1.82) is 5.26 Å². The van der Waals surface area contributed by atoms with E-state index in [1.807, 2.05) is 55.5 Å². The molecule has 106 valence electrons. The molecule has 2 rings (SSSR count). The topological polar surface area (TPSA) is 52.9 Å². The van der Waals surface area contributed by atoms with Crippen LogP contribution in [0.4, 0.5) is 0 Å². The molecule has 0 saturated carbocycles. The van der Waals surface area contributed by atoms with Crippen molar-refractivity contribution in [3.8, 4) is 6.07 Å². The number of carbonyl (C=O) groups excluding carboxylic acids is 1. The molecule has 0 aliphatic carbocycles. The molecule has 1 aromatic heterocycles. The van der Waals surface area contributed by atoms with Gasteiger partial charge in [-0.3, -0.25) is 4.79 Å². The number of carbonyl (C=O) groups is 1. The summed E-state index contributed by atoms with van der Waals surface area (Å²) >= 11 is 4.83. The molecule has 0 aliphatic heterocycles.